The third kappa shape index (κ3) is 3.57. The van der Waals surface area contributed by atoms with Gasteiger partial charge >= 0.3 is 0 Å². The predicted octanol–water partition coefficient (Wildman–Crippen LogP) is 3.21. The van der Waals surface area contributed by atoms with Gasteiger partial charge in [0.2, 0.25) is 0 Å². The van der Waals surface area contributed by atoms with Crippen molar-refractivity contribution >= 4 is 5.91 Å². The Morgan fingerprint density at radius 2 is 2.20 bits per heavy atom. The molecule has 0 aromatic carbocycles. The fourth-order valence-corrected chi connectivity index (χ4v) is 3.50. The normalized spacial score (nSPS) is 18.0. The molecule has 2 aromatic heterocycles. The minimum absolute atomic E-state index is 0.0371. The number of aromatic nitrogens is 4. The molecule has 1 aliphatic rings. The highest BCUT2D eigenvalue weighted by Gasteiger charge is 2.28. The first-order chi connectivity index (χ1) is 12.0. The lowest BCUT2D eigenvalue weighted by Gasteiger charge is -2.33. The van der Waals surface area contributed by atoms with Crippen LogP contribution >= 0.6 is 0 Å². The van der Waals surface area contributed by atoms with E-state index in [2.05, 4.69) is 40.9 Å². The number of amides is 1. The van der Waals surface area contributed by atoms with Gasteiger partial charge in [0.25, 0.3) is 5.91 Å². The second-order valence-electron chi connectivity index (χ2n) is 7.13. The number of H-pyrrole nitrogens is 1. The van der Waals surface area contributed by atoms with Crippen molar-refractivity contribution in [3.63, 3.8) is 0 Å². The van der Waals surface area contributed by atoms with E-state index in [1.165, 1.54) is 11.3 Å². The molecule has 0 bridgehead atoms. The summed E-state index contributed by atoms with van der Waals surface area (Å²) < 4.78 is 0. The molecule has 2 aromatic rings. The number of carbonyl (C=O) groups excluding carboxylic acids is 1. The van der Waals surface area contributed by atoms with Crippen molar-refractivity contribution in [2.24, 2.45) is 0 Å². The van der Waals surface area contributed by atoms with E-state index < -0.39 is 0 Å². The molecule has 6 heteroatoms. The van der Waals surface area contributed by atoms with Crippen molar-refractivity contribution in [2.75, 3.05) is 13.1 Å². The minimum atomic E-state index is 0.0371. The zero-order chi connectivity index (χ0) is 18.0. The van der Waals surface area contributed by atoms with Gasteiger partial charge in [-0.3, -0.25) is 9.89 Å². The topological polar surface area (TPSA) is 74.8 Å². The molecule has 1 amide bonds. The van der Waals surface area contributed by atoms with Gasteiger partial charge in [0.1, 0.15) is 5.82 Å². The molecule has 0 spiro atoms. The van der Waals surface area contributed by atoms with Gasteiger partial charge in [0, 0.05) is 36.8 Å². The molecule has 1 aliphatic heterocycles. The fourth-order valence-electron chi connectivity index (χ4n) is 3.50. The zero-order valence-corrected chi connectivity index (χ0v) is 15.5. The molecule has 0 aliphatic carbocycles. The third-order valence-corrected chi connectivity index (χ3v) is 4.99. The number of aryl methyl sites for hydroxylation is 2. The van der Waals surface area contributed by atoms with Crippen LogP contribution in [0.25, 0.3) is 0 Å². The first-order valence-corrected chi connectivity index (χ1v) is 9.16. The Labute approximate surface area is 149 Å². The summed E-state index contributed by atoms with van der Waals surface area (Å²) in [6, 6.07) is 0. The molecule has 0 radical (unpaired) electrons. The summed E-state index contributed by atoms with van der Waals surface area (Å²) in [5, 5.41) is 7.33. The molecule has 1 atom stereocenters. The monoisotopic (exact) mass is 341 g/mol. The van der Waals surface area contributed by atoms with E-state index in [1.807, 2.05) is 18.0 Å². The van der Waals surface area contributed by atoms with Gasteiger partial charge in [-0.1, -0.05) is 20.8 Å². The third-order valence-electron chi connectivity index (χ3n) is 4.99. The van der Waals surface area contributed by atoms with E-state index in [9.17, 15) is 4.79 Å². The molecule has 1 N–H and O–H groups in total. The Morgan fingerprint density at radius 3 is 2.88 bits per heavy atom. The number of nitrogens with zero attached hydrogens (tertiary/aromatic N) is 4. The molecule has 3 rings (SSSR count). The molecular formula is C19H27N5O. The van der Waals surface area contributed by atoms with E-state index >= 15 is 0 Å². The number of aromatic amines is 1. The van der Waals surface area contributed by atoms with Crippen LogP contribution in [0.2, 0.25) is 0 Å². The van der Waals surface area contributed by atoms with Gasteiger partial charge in [-0.05, 0) is 31.7 Å². The molecule has 6 nitrogen and oxygen atoms in total. The molecule has 25 heavy (non-hydrogen) atoms. The van der Waals surface area contributed by atoms with E-state index in [1.54, 1.807) is 6.20 Å². The summed E-state index contributed by atoms with van der Waals surface area (Å²) in [6.45, 7) is 9.65. The summed E-state index contributed by atoms with van der Waals surface area (Å²) in [5.41, 5.74) is 3.82. The quantitative estimate of drug-likeness (QED) is 0.926. The van der Waals surface area contributed by atoms with Crippen LogP contribution in [0.15, 0.2) is 12.4 Å². The first-order valence-electron chi connectivity index (χ1n) is 9.16. The molecular weight excluding hydrogens is 314 g/mol. The Bertz CT molecular complexity index is 752. The lowest BCUT2D eigenvalue weighted by atomic mass is 9.91. The number of hydrogen-bond donors (Lipinski definition) is 1. The van der Waals surface area contributed by atoms with Gasteiger partial charge in [0.15, 0.2) is 0 Å². The number of carbonyl (C=O) groups is 1. The van der Waals surface area contributed by atoms with Crippen LogP contribution < -0.4 is 0 Å². The highest BCUT2D eigenvalue weighted by atomic mass is 16.2. The predicted molar refractivity (Wildman–Crippen MR) is 96.7 cm³/mol. The summed E-state index contributed by atoms with van der Waals surface area (Å²) in [7, 11) is 0. The van der Waals surface area contributed by atoms with Gasteiger partial charge in [0.05, 0.1) is 17.5 Å². The van der Waals surface area contributed by atoms with Crippen molar-refractivity contribution in [3.8, 4) is 0 Å². The SMILES string of the molecule is CCc1cn[nH]c1[C@H]1CCCN(C(=O)c2cnc(C(C)C)nc2C)C1. The van der Waals surface area contributed by atoms with Crippen molar-refractivity contribution in [3.05, 3.63) is 40.7 Å². The van der Waals surface area contributed by atoms with E-state index in [4.69, 9.17) is 0 Å². The number of hydrogen-bond acceptors (Lipinski definition) is 4. The van der Waals surface area contributed by atoms with Gasteiger partial charge in [-0.25, -0.2) is 9.97 Å². The molecule has 1 saturated heterocycles. The Balaban J connectivity index is 1.78. The second kappa shape index (κ2) is 7.33. The largest absolute Gasteiger partial charge is 0.338 e. The highest BCUT2D eigenvalue weighted by Crippen LogP contribution is 2.29. The van der Waals surface area contributed by atoms with Crippen LogP contribution in [0.1, 0.15) is 78.6 Å². The fraction of sp³-hybridized carbons (Fsp3) is 0.579. The Morgan fingerprint density at radius 1 is 1.40 bits per heavy atom. The highest BCUT2D eigenvalue weighted by molar-refractivity contribution is 5.95. The van der Waals surface area contributed by atoms with Crippen LogP contribution in [-0.2, 0) is 6.42 Å². The van der Waals surface area contributed by atoms with Gasteiger partial charge in [-0.15, -0.1) is 0 Å². The van der Waals surface area contributed by atoms with E-state index in [0.717, 1.165) is 43.9 Å². The Hall–Kier alpha value is -2.24. The number of piperidine rings is 1. The second-order valence-corrected chi connectivity index (χ2v) is 7.13. The lowest BCUT2D eigenvalue weighted by Crippen LogP contribution is -2.39. The van der Waals surface area contributed by atoms with Crippen molar-refractivity contribution in [1.29, 1.82) is 0 Å². The maximum atomic E-state index is 13.0. The molecule has 3 heterocycles. The van der Waals surface area contributed by atoms with Crippen molar-refractivity contribution in [1.82, 2.24) is 25.1 Å². The van der Waals surface area contributed by atoms with Crippen LogP contribution in [-0.4, -0.2) is 44.1 Å². The van der Waals surface area contributed by atoms with Crippen molar-refractivity contribution < 1.29 is 4.79 Å². The molecule has 134 valence electrons. The maximum absolute atomic E-state index is 13.0. The average molecular weight is 341 g/mol. The summed E-state index contributed by atoms with van der Waals surface area (Å²) in [5.74, 6) is 1.41. The van der Waals surface area contributed by atoms with Gasteiger partial charge < -0.3 is 4.90 Å². The first kappa shape index (κ1) is 17.6. The summed E-state index contributed by atoms with van der Waals surface area (Å²) in [6.07, 6.45) is 6.64. The average Bonchev–Trinajstić information content (AvgIpc) is 3.10. The minimum Gasteiger partial charge on any atom is -0.338 e. The van der Waals surface area contributed by atoms with Crippen LogP contribution in [0.5, 0.6) is 0 Å². The molecule has 0 unspecified atom stereocenters. The van der Waals surface area contributed by atoms with Crippen LogP contribution in [0, 0.1) is 6.92 Å². The zero-order valence-electron chi connectivity index (χ0n) is 15.5. The van der Waals surface area contributed by atoms with Gasteiger partial charge in [-0.2, -0.15) is 5.10 Å². The summed E-state index contributed by atoms with van der Waals surface area (Å²) in [4.78, 5) is 23.8. The molecule has 0 saturated carbocycles. The van der Waals surface area contributed by atoms with E-state index in [0.29, 0.717) is 11.5 Å². The number of likely N-dealkylation sites (tertiary alicyclic amines) is 1. The lowest BCUT2D eigenvalue weighted by molar-refractivity contribution is 0.0703. The smallest absolute Gasteiger partial charge is 0.257 e. The standard InChI is InChI=1S/C19H27N5O/c1-5-14-9-21-23-17(14)15-7-6-8-24(11-15)19(25)16-10-20-18(12(2)3)22-13(16)4/h9-10,12,15H,5-8,11H2,1-4H3,(H,21,23)/t15-/m0/s1. The van der Waals surface area contributed by atoms with Crippen LogP contribution in [0.3, 0.4) is 0 Å². The van der Waals surface area contributed by atoms with Crippen molar-refractivity contribution in [2.45, 2.75) is 58.8 Å². The maximum Gasteiger partial charge on any atom is 0.257 e. The van der Waals surface area contributed by atoms with Crippen LogP contribution in [0.4, 0.5) is 0 Å². The van der Waals surface area contributed by atoms with E-state index in [-0.39, 0.29) is 11.8 Å². The number of nitrogens with one attached hydrogen (secondary N) is 1. The summed E-state index contributed by atoms with van der Waals surface area (Å²) >= 11 is 0. The molecule has 1 fully saturated rings. The Kier molecular flexibility index (Phi) is 5.16. The number of rotatable bonds is 4.